The number of fused-ring (bicyclic) bond motifs is 1. The Hall–Kier alpha value is -2.18. The van der Waals surface area contributed by atoms with E-state index in [-0.39, 0.29) is 0 Å². The number of nitrogens with zero attached hydrogens (tertiary/aromatic N) is 2. The second-order valence-corrected chi connectivity index (χ2v) is 5.34. The zero-order valence-electron chi connectivity index (χ0n) is 10.9. The number of nitrogen functional groups attached to an aromatic ring is 1. The fraction of sp³-hybridized carbons (Fsp3) is 0.188. The first kappa shape index (κ1) is 12.8. The fourth-order valence-electron chi connectivity index (χ4n) is 2.64. The van der Waals surface area contributed by atoms with Gasteiger partial charge in [0.05, 0.1) is 11.6 Å². The third-order valence-corrected chi connectivity index (χ3v) is 4.06. The van der Waals surface area contributed by atoms with E-state index in [1.54, 1.807) is 12.1 Å². The van der Waals surface area contributed by atoms with Gasteiger partial charge in [0.1, 0.15) is 0 Å². The molecule has 4 heteroatoms. The number of rotatable bonds is 2. The summed E-state index contributed by atoms with van der Waals surface area (Å²) in [5.74, 6) is 0. The van der Waals surface area contributed by atoms with Gasteiger partial charge in [0.2, 0.25) is 0 Å². The predicted molar refractivity (Wildman–Crippen MR) is 81.8 cm³/mol. The van der Waals surface area contributed by atoms with E-state index in [2.05, 4.69) is 17.0 Å². The lowest BCUT2D eigenvalue weighted by Crippen LogP contribution is -2.19. The summed E-state index contributed by atoms with van der Waals surface area (Å²) in [4.78, 5) is 2.28. The molecule has 0 aliphatic carbocycles. The summed E-state index contributed by atoms with van der Waals surface area (Å²) < 4.78 is 0. The summed E-state index contributed by atoms with van der Waals surface area (Å²) in [5, 5.41) is 9.51. The van der Waals surface area contributed by atoms with Crippen LogP contribution in [0.15, 0.2) is 36.4 Å². The van der Waals surface area contributed by atoms with Gasteiger partial charge in [0.25, 0.3) is 0 Å². The second-order valence-electron chi connectivity index (χ2n) is 4.93. The topological polar surface area (TPSA) is 53.0 Å². The highest BCUT2D eigenvalue weighted by Crippen LogP contribution is 2.34. The van der Waals surface area contributed by atoms with Gasteiger partial charge in [0.15, 0.2) is 0 Å². The molecule has 1 aliphatic heterocycles. The zero-order valence-corrected chi connectivity index (χ0v) is 11.7. The predicted octanol–water partition coefficient (Wildman–Crippen LogP) is 3.36. The Bertz CT molecular complexity index is 703. The van der Waals surface area contributed by atoms with Gasteiger partial charge in [-0.1, -0.05) is 23.7 Å². The van der Waals surface area contributed by atoms with E-state index in [1.807, 2.05) is 18.2 Å². The summed E-state index contributed by atoms with van der Waals surface area (Å²) >= 11 is 6.24. The molecule has 0 atom stereocenters. The van der Waals surface area contributed by atoms with Crippen LogP contribution < -0.4 is 10.6 Å². The van der Waals surface area contributed by atoms with Gasteiger partial charge in [-0.3, -0.25) is 0 Å². The molecule has 2 N–H and O–H groups in total. The lowest BCUT2D eigenvalue weighted by atomic mass is 10.1. The molecule has 0 spiro atoms. The first-order chi connectivity index (χ1) is 9.69. The molecule has 3 rings (SSSR count). The molecule has 0 unspecified atom stereocenters. The van der Waals surface area contributed by atoms with Crippen LogP contribution in [-0.2, 0) is 13.0 Å². The average Bonchev–Trinajstić information content (AvgIpc) is 2.86. The quantitative estimate of drug-likeness (QED) is 0.860. The molecular weight excluding hydrogens is 270 g/mol. The molecule has 0 aromatic heterocycles. The van der Waals surface area contributed by atoms with Crippen LogP contribution in [0.4, 0.5) is 11.4 Å². The van der Waals surface area contributed by atoms with Gasteiger partial charge >= 0.3 is 0 Å². The molecule has 2 aromatic rings. The Morgan fingerprint density at radius 1 is 1.30 bits per heavy atom. The number of halogens is 1. The van der Waals surface area contributed by atoms with Crippen LogP contribution in [0.5, 0.6) is 0 Å². The SMILES string of the molecule is N#Cc1ccc(CN2CCc3c(N)cccc32)c(Cl)c1. The lowest BCUT2D eigenvalue weighted by molar-refractivity contribution is 0.836. The van der Waals surface area contributed by atoms with Crippen LogP contribution in [0.3, 0.4) is 0 Å². The van der Waals surface area contributed by atoms with Gasteiger partial charge in [-0.25, -0.2) is 0 Å². The van der Waals surface area contributed by atoms with Crippen molar-refractivity contribution in [2.75, 3.05) is 17.2 Å². The highest BCUT2D eigenvalue weighted by molar-refractivity contribution is 6.31. The Morgan fingerprint density at radius 3 is 2.90 bits per heavy atom. The molecule has 1 heterocycles. The Labute approximate surface area is 123 Å². The van der Waals surface area contributed by atoms with Crippen LogP contribution >= 0.6 is 11.6 Å². The maximum atomic E-state index is 8.86. The summed E-state index contributed by atoms with van der Waals surface area (Å²) in [6, 6.07) is 13.6. The largest absolute Gasteiger partial charge is 0.398 e. The highest BCUT2D eigenvalue weighted by atomic mass is 35.5. The van der Waals surface area contributed by atoms with Gasteiger partial charge in [-0.05, 0) is 36.2 Å². The molecule has 0 saturated heterocycles. The molecule has 0 amide bonds. The van der Waals surface area contributed by atoms with Crippen molar-refractivity contribution in [1.82, 2.24) is 0 Å². The molecule has 1 aliphatic rings. The lowest BCUT2D eigenvalue weighted by Gasteiger charge is -2.20. The minimum absolute atomic E-state index is 0.588. The van der Waals surface area contributed by atoms with E-state index in [9.17, 15) is 0 Å². The first-order valence-electron chi connectivity index (χ1n) is 6.50. The van der Waals surface area contributed by atoms with Crippen molar-refractivity contribution in [2.45, 2.75) is 13.0 Å². The third kappa shape index (κ3) is 2.19. The maximum Gasteiger partial charge on any atom is 0.0992 e. The maximum absolute atomic E-state index is 8.86. The van der Waals surface area contributed by atoms with Gasteiger partial charge in [-0.15, -0.1) is 0 Å². The summed E-state index contributed by atoms with van der Waals surface area (Å²) in [6.07, 6.45) is 0.968. The molecule has 0 bridgehead atoms. The molecular formula is C16H14ClN3. The number of nitriles is 1. The minimum atomic E-state index is 0.588. The van der Waals surface area contributed by atoms with Crippen molar-refractivity contribution in [2.24, 2.45) is 0 Å². The van der Waals surface area contributed by atoms with Crippen molar-refractivity contribution >= 4 is 23.0 Å². The van der Waals surface area contributed by atoms with Gasteiger partial charge < -0.3 is 10.6 Å². The molecule has 0 saturated carbocycles. The van der Waals surface area contributed by atoms with Crippen molar-refractivity contribution < 1.29 is 0 Å². The first-order valence-corrected chi connectivity index (χ1v) is 6.87. The van der Waals surface area contributed by atoms with Crippen LogP contribution in [0.1, 0.15) is 16.7 Å². The molecule has 2 aromatic carbocycles. The van der Waals surface area contributed by atoms with Crippen LogP contribution in [-0.4, -0.2) is 6.54 Å². The fourth-order valence-corrected chi connectivity index (χ4v) is 2.88. The van der Waals surface area contributed by atoms with Crippen molar-refractivity contribution in [1.29, 1.82) is 5.26 Å². The van der Waals surface area contributed by atoms with E-state index in [4.69, 9.17) is 22.6 Å². The van der Waals surface area contributed by atoms with E-state index in [0.717, 1.165) is 30.8 Å². The summed E-state index contributed by atoms with van der Waals surface area (Å²) in [5.41, 5.74) is 10.9. The summed E-state index contributed by atoms with van der Waals surface area (Å²) in [7, 11) is 0. The highest BCUT2D eigenvalue weighted by Gasteiger charge is 2.21. The molecule has 3 nitrogen and oxygen atoms in total. The van der Waals surface area contributed by atoms with E-state index in [1.165, 1.54) is 11.3 Å². The van der Waals surface area contributed by atoms with Crippen molar-refractivity contribution in [3.8, 4) is 6.07 Å². The smallest absolute Gasteiger partial charge is 0.0992 e. The van der Waals surface area contributed by atoms with Gasteiger partial charge in [0, 0.05) is 35.1 Å². The number of hydrogen-bond acceptors (Lipinski definition) is 3. The van der Waals surface area contributed by atoms with E-state index >= 15 is 0 Å². The van der Waals surface area contributed by atoms with Crippen molar-refractivity contribution in [3.63, 3.8) is 0 Å². The number of anilines is 2. The monoisotopic (exact) mass is 283 g/mol. The third-order valence-electron chi connectivity index (χ3n) is 3.70. The molecule has 0 radical (unpaired) electrons. The number of nitrogens with two attached hydrogens (primary N) is 1. The normalized spacial score (nSPS) is 13.1. The minimum Gasteiger partial charge on any atom is -0.398 e. The van der Waals surface area contributed by atoms with E-state index < -0.39 is 0 Å². The second kappa shape index (κ2) is 5.07. The van der Waals surface area contributed by atoms with Gasteiger partial charge in [-0.2, -0.15) is 5.26 Å². The van der Waals surface area contributed by atoms with E-state index in [0.29, 0.717) is 10.6 Å². The molecule has 20 heavy (non-hydrogen) atoms. The Kier molecular flexibility index (Phi) is 3.25. The Balaban J connectivity index is 1.88. The zero-order chi connectivity index (χ0) is 14.1. The number of benzene rings is 2. The average molecular weight is 284 g/mol. The molecule has 0 fully saturated rings. The van der Waals surface area contributed by atoms with Crippen LogP contribution in [0, 0.1) is 11.3 Å². The van der Waals surface area contributed by atoms with Crippen LogP contribution in [0.2, 0.25) is 5.02 Å². The molecule has 100 valence electrons. The van der Waals surface area contributed by atoms with Crippen LogP contribution in [0.25, 0.3) is 0 Å². The number of hydrogen-bond donors (Lipinski definition) is 1. The Morgan fingerprint density at radius 2 is 2.15 bits per heavy atom. The van der Waals surface area contributed by atoms with Crippen molar-refractivity contribution in [3.05, 3.63) is 58.1 Å². The summed E-state index contributed by atoms with van der Waals surface area (Å²) in [6.45, 7) is 1.68. The standard InChI is InChI=1S/C16H14ClN3/c17-14-8-11(9-18)4-5-12(14)10-20-7-6-13-15(19)2-1-3-16(13)20/h1-5,8H,6-7,10,19H2.